The van der Waals surface area contributed by atoms with Crippen LogP contribution in [0.5, 0.6) is 0 Å². The second-order valence-electron chi connectivity index (χ2n) is 7.56. The highest BCUT2D eigenvalue weighted by atomic mass is 16.2. The third-order valence-electron chi connectivity index (χ3n) is 5.93. The largest absolute Gasteiger partial charge is 0.335 e. The Kier molecular flexibility index (Phi) is 4.56. The fraction of sp³-hybridized carbons (Fsp3) is 0.833. The lowest BCUT2D eigenvalue weighted by Crippen LogP contribution is -2.53. The summed E-state index contributed by atoms with van der Waals surface area (Å²) in [6, 6.07) is 0.595. The van der Waals surface area contributed by atoms with Gasteiger partial charge < -0.3 is 10.2 Å². The topological polar surface area (TPSA) is 32.3 Å². The number of urea groups is 1. The van der Waals surface area contributed by atoms with Crippen LogP contribution in [0, 0.1) is 11.3 Å². The molecule has 0 aromatic rings. The number of nitrogens with one attached hydrogen (secondary N) is 1. The first-order valence-electron chi connectivity index (χ1n) is 8.89. The highest BCUT2D eigenvalue weighted by Crippen LogP contribution is 2.40. The number of hydrogen-bond acceptors (Lipinski definition) is 1. The van der Waals surface area contributed by atoms with Crippen molar-refractivity contribution >= 4 is 6.03 Å². The lowest BCUT2D eigenvalue weighted by atomic mass is 9.71. The minimum atomic E-state index is 0.197. The summed E-state index contributed by atoms with van der Waals surface area (Å²) < 4.78 is 0. The molecule has 2 amide bonds. The van der Waals surface area contributed by atoms with Crippen LogP contribution in [-0.2, 0) is 0 Å². The van der Waals surface area contributed by atoms with Crippen molar-refractivity contribution in [1.82, 2.24) is 10.2 Å². The van der Waals surface area contributed by atoms with Gasteiger partial charge in [-0.1, -0.05) is 31.9 Å². The van der Waals surface area contributed by atoms with Crippen molar-refractivity contribution in [2.24, 2.45) is 11.3 Å². The Bertz CT molecular complexity index is 406. The van der Waals surface area contributed by atoms with E-state index in [4.69, 9.17) is 0 Å². The zero-order chi connectivity index (χ0) is 14.7. The Hall–Kier alpha value is -0.990. The van der Waals surface area contributed by atoms with Gasteiger partial charge >= 0.3 is 6.03 Å². The fourth-order valence-electron chi connectivity index (χ4n) is 4.48. The van der Waals surface area contributed by atoms with E-state index in [1.807, 2.05) is 0 Å². The molecule has 1 heterocycles. The smallest absolute Gasteiger partial charge is 0.317 e. The van der Waals surface area contributed by atoms with Crippen molar-refractivity contribution < 1.29 is 4.79 Å². The van der Waals surface area contributed by atoms with Crippen molar-refractivity contribution in [3.8, 4) is 0 Å². The molecule has 2 fully saturated rings. The van der Waals surface area contributed by atoms with Gasteiger partial charge in [-0.3, -0.25) is 0 Å². The quantitative estimate of drug-likeness (QED) is 0.725. The molecule has 0 aromatic carbocycles. The van der Waals surface area contributed by atoms with E-state index in [1.165, 1.54) is 44.9 Å². The van der Waals surface area contributed by atoms with E-state index < -0.39 is 0 Å². The van der Waals surface area contributed by atoms with E-state index >= 15 is 0 Å². The van der Waals surface area contributed by atoms with Crippen molar-refractivity contribution in [1.29, 1.82) is 0 Å². The molecule has 21 heavy (non-hydrogen) atoms. The molecule has 118 valence electrons. The number of rotatable bonds is 1. The summed E-state index contributed by atoms with van der Waals surface area (Å²) in [5, 5.41) is 3.33. The first kappa shape index (κ1) is 14.9. The van der Waals surface area contributed by atoms with Crippen LogP contribution in [-0.4, -0.2) is 30.1 Å². The van der Waals surface area contributed by atoms with Gasteiger partial charge in [0.2, 0.25) is 0 Å². The number of carbonyl (C=O) groups excluding carboxylic acids is 1. The van der Waals surface area contributed by atoms with Crippen LogP contribution < -0.4 is 5.32 Å². The van der Waals surface area contributed by atoms with Crippen molar-refractivity contribution in [2.75, 3.05) is 13.1 Å². The summed E-state index contributed by atoms with van der Waals surface area (Å²) in [6.07, 6.45) is 15.7. The second-order valence-corrected chi connectivity index (χ2v) is 7.56. The molecular formula is C18H30N2O. The Labute approximate surface area is 129 Å². The molecule has 1 N–H and O–H groups in total. The molecule has 0 bridgehead atoms. The summed E-state index contributed by atoms with van der Waals surface area (Å²) in [5.41, 5.74) is 0.378. The molecule has 3 nitrogen and oxygen atoms in total. The van der Waals surface area contributed by atoms with Crippen molar-refractivity contribution in [2.45, 2.75) is 70.8 Å². The van der Waals surface area contributed by atoms with Crippen LogP contribution in [0.4, 0.5) is 4.79 Å². The van der Waals surface area contributed by atoms with Crippen LogP contribution in [0.15, 0.2) is 12.2 Å². The standard InChI is InChI=1S/C18H30N2O/c1-15-8-3-4-9-16(15)19-17(21)20-13-7-12-18(14-20)10-5-2-6-11-18/h2,5,15-16H,3-4,6-14H2,1H3,(H,19,21)/t15-,16-,18+/m1/s1. The molecule has 0 radical (unpaired) electrons. The third kappa shape index (κ3) is 3.44. The third-order valence-corrected chi connectivity index (χ3v) is 5.93. The van der Waals surface area contributed by atoms with Crippen molar-refractivity contribution in [3.63, 3.8) is 0 Å². The van der Waals surface area contributed by atoms with Gasteiger partial charge in [0, 0.05) is 19.1 Å². The van der Waals surface area contributed by atoms with Crippen LogP contribution in [0.2, 0.25) is 0 Å². The number of carbonyl (C=O) groups is 1. The van der Waals surface area contributed by atoms with Gasteiger partial charge in [0.25, 0.3) is 0 Å². The molecule has 3 rings (SSSR count). The maximum Gasteiger partial charge on any atom is 0.317 e. The Morgan fingerprint density at radius 1 is 1.19 bits per heavy atom. The molecule has 3 aliphatic rings. The molecule has 1 spiro atoms. The van der Waals surface area contributed by atoms with E-state index in [-0.39, 0.29) is 6.03 Å². The summed E-state index contributed by atoms with van der Waals surface area (Å²) in [7, 11) is 0. The first-order chi connectivity index (χ1) is 10.2. The van der Waals surface area contributed by atoms with E-state index in [2.05, 4.69) is 29.3 Å². The van der Waals surface area contributed by atoms with Gasteiger partial charge in [-0.25, -0.2) is 4.79 Å². The van der Waals surface area contributed by atoms with Gasteiger partial charge in [-0.2, -0.15) is 0 Å². The van der Waals surface area contributed by atoms with E-state index in [9.17, 15) is 4.79 Å². The Morgan fingerprint density at radius 2 is 2.05 bits per heavy atom. The predicted octanol–water partition coefficient (Wildman–Crippen LogP) is 4.10. The summed E-state index contributed by atoms with van der Waals surface area (Å²) in [6.45, 7) is 4.19. The summed E-state index contributed by atoms with van der Waals surface area (Å²) in [4.78, 5) is 14.7. The normalized spacial score (nSPS) is 36.7. The SMILES string of the molecule is C[C@@H]1CCCC[C@H]1NC(=O)N1CCC[C@@]2(CC=CCC2)C1. The summed E-state index contributed by atoms with van der Waals surface area (Å²) >= 11 is 0. The monoisotopic (exact) mass is 290 g/mol. The number of amides is 2. The summed E-state index contributed by atoms with van der Waals surface area (Å²) in [5.74, 6) is 0.638. The minimum Gasteiger partial charge on any atom is -0.335 e. The lowest BCUT2D eigenvalue weighted by molar-refractivity contribution is 0.0922. The maximum atomic E-state index is 12.6. The average Bonchev–Trinajstić information content (AvgIpc) is 2.50. The molecule has 1 saturated heterocycles. The molecule has 3 heteroatoms. The molecule has 0 aromatic heterocycles. The highest BCUT2D eigenvalue weighted by molar-refractivity contribution is 5.74. The molecule has 0 unspecified atom stereocenters. The molecule has 1 saturated carbocycles. The second kappa shape index (κ2) is 6.41. The number of nitrogens with zero attached hydrogens (tertiary/aromatic N) is 1. The Balaban J connectivity index is 1.58. The first-order valence-corrected chi connectivity index (χ1v) is 8.89. The fourth-order valence-corrected chi connectivity index (χ4v) is 4.48. The van der Waals surface area contributed by atoms with Crippen LogP contribution >= 0.6 is 0 Å². The van der Waals surface area contributed by atoms with Crippen LogP contribution in [0.1, 0.15) is 64.7 Å². The number of allylic oxidation sites excluding steroid dienone is 2. The van der Waals surface area contributed by atoms with E-state index in [1.54, 1.807) is 0 Å². The van der Waals surface area contributed by atoms with Gasteiger partial charge in [-0.15, -0.1) is 0 Å². The van der Waals surface area contributed by atoms with Crippen LogP contribution in [0.25, 0.3) is 0 Å². The molecule has 1 aliphatic heterocycles. The van der Waals surface area contributed by atoms with E-state index in [0.717, 1.165) is 25.9 Å². The number of likely N-dealkylation sites (tertiary alicyclic amines) is 1. The minimum absolute atomic E-state index is 0.197. The molecule has 2 aliphatic carbocycles. The maximum absolute atomic E-state index is 12.6. The predicted molar refractivity (Wildman–Crippen MR) is 86.2 cm³/mol. The van der Waals surface area contributed by atoms with E-state index in [0.29, 0.717) is 17.4 Å². The highest BCUT2D eigenvalue weighted by Gasteiger charge is 2.37. The molecule has 3 atom stereocenters. The number of hydrogen-bond donors (Lipinski definition) is 1. The zero-order valence-electron chi connectivity index (χ0n) is 13.4. The van der Waals surface area contributed by atoms with Gasteiger partial charge in [0.1, 0.15) is 0 Å². The molecular weight excluding hydrogens is 260 g/mol. The van der Waals surface area contributed by atoms with Gasteiger partial charge in [0.15, 0.2) is 0 Å². The van der Waals surface area contributed by atoms with Crippen molar-refractivity contribution in [3.05, 3.63) is 12.2 Å². The van der Waals surface area contributed by atoms with Crippen LogP contribution in [0.3, 0.4) is 0 Å². The number of piperidine rings is 1. The van der Waals surface area contributed by atoms with Gasteiger partial charge in [-0.05, 0) is 56.3 Å². The van der Waals surface area contributed by atoms with Gasteiger partial charge in [0.05, 0.1) is 0 Å². The zero-order valence-corrected chi connectivity index (χ0v) is 13.4. The Morgan fingerprint density at radius 3 is 2.81 bits per heavy atom. The lowest BCUT2D eigenvalue weighted by Gasteiger charge is -2.44. The average molecular weight is 290 g/mol.